The summed E-state index contributed by atoms with van der Waals surface area (Å²) in [5.74, 6) is -0.272. The maximum Gasteiger partial charge on any atom is 0.230 e. The summed E-state index contributed by atoms with van der Waals surface area (Å²) in [6.45, 7) is 0.924. The highest BCUT2D eigenvalue weighted by atomic mass is 35.5. The smallest absolute Gasteiger partial charge is 0.230 e. The molecule has 0 bridgehead atoms. The largest absolute Gasteiger partial charge is 0.354 e. The van der Waals surface area contributed by atoms with Crippen molar-refractivity contribution in [3.05, 3.63) is 35.6 Å². The van der Waals surface area contributed by atoms with Crippen molar-refractivity contribution >= 4 is 18.3 Å². The summed E-state index contributed by atoms with van der Waals surface area (Å²) in [5.41, 5.74) is 5.80. The van der Waals surface area contributed by atoms with E-state index in [2.05, 4.69) is 5.32 Å². The van der Waals surface area contributed by atoms with Crippen molar-refractivity contribution in [2.24, 2.45) is 5.73 Å². The number of nitrogens with one attached hydrogen (secondary N) is 1. The zero-order valence-electron chi connectivity index (χ0n) is 9.41. The molecule has 0 heterocycles. The lowest BCUT2D eigenvalue weighted by Crippen LogP contribution is -2.37. The minimum Gasteiger partial charge on any atom is -0.354 e. The predicted molar refractivity (Wildman–Crippen MR) is 66.6 cm³/mol. The Hall–Kier alpha value is -1.13. The van der Waals surface area contributed by atoms with E-state index in [1.54, 1.807) is 12.1 Å². The number of nitrogens with two attached hydrogens (primary N) is 1. The highest BCUT2D eigenvalue weighted by Gasteiger charge is 2.50. The van der Waals surface area contributed by atoms with E-state index in [0.717, 1.165) is 18.4 Å². The third-order valence-corrected chi connectivity index (χ3v) is 3.01. The normalized spacial score (nSPS) is 15.9. The second-order valence-electron chi connectivity index (χ2n) is 4.13. The maximum atomic E-state index is 12.8. The molecule has 0 saturated heterocycles. The van der Waals surface area contributed by atoms with Crippen LogP contribution < -0.4 is 11.1 Å². The summed E-state index contributed by atoms with van der Waals surface area (Å²) < 4.78 is 12.8. The van der Waals surface area contributed by atoms with Crippen LogP contribution in [0.3, 0.4) is 0 Å². The van der Waals surface area contributed by atoms with Crippen LogP contribution in [0.15, 0.2) is 24.3 Å². The molecule has 3 N–H and O–H groups in total. The van der Waals surface area contributed by atoms with Crippen LogP contribution in [0.4, 0.5) is 4.39 Å². The fourth-order valence-corrected chi connectivity index (χ4v) is 1.90. The Morgan fingerprint density at radius 3 is 2.41 bits per heavy atom. The van der Waals surface area contributed by atoms with Crippen molar-refractivity contribution in [2.45, 2.75) is 18.3 Å². The van der Waals surface area contributed by atoms with Gasteiger partial charge in [-0.3, -0.25) is 4.79 Å². The summed E-state index contributed by atoms with van der Waals surface area (Å²) in [7, 11) is 0. The van der Waals surface area contributed by atoms with Gasteiger partial charge >= 0.3 is 0 Å². The number of carbonyl (C=O) groups excluding carboxylic acids is 1. The standard InChI is InChI=1S/C12H15FN2O.ClH/c13-10-3-1-9(2-4-10)12(5-6-12)11(16)15-8-7-14;/h1-4H,5-8,14H2,(H,15,16);1H. The van der Waals surface area contributed by atoms with E-state index in [4.69, 9.17) is 5.73 Å². The number of benzene rings is 1. The van der Waals surface area contributed by atoms with Gasteiger partial charge in [0.1, 0.15) is 5.82 Å². The number of carbonyl (C=O) groups is 1. The summed E-state index contributed by atoms with van der Waals surface area (Å²) >= 11 is 0. The lowest BCUT2D eigenvalue weighted by Gasteiger charge is -2.15. The van der Waals surface area contributed by atoms with Crippen molar-refractivity contribution in [1.29, 1.82) is 0 Å². The van der Waals surface area contributed by atoms with Crippen LogP contribution in [-0.4, -0.2) is 19.0 Å². The Bertz CT molecular complexity index is 390. The molecule has 0 atom stereocenters. The second kappa shape index (κ2) is 5.47. The van der Waals surface area contributed by atoms with E-state index in [0.29, 0.717) is 13.1 Å². The van der Waals surface area contributed by atoms with Crippen molar-refractivity contribution in [2.75, 3.05) is 13.1 Å². The SMILES string of the molecule is Cl.NCCNC(=O)C1(c2ccc(F)cc2)CC1. The van der Waals surface area contributed by atoms with Crippen LogP contribution in [-0.2, 0) is 10.2 Å². The van der Waals surface area contributed by atoms with Gasteiger partial charge in [0, 0.05) is 13.1 Å². The van der Waals surface area contributed by atoms with Crippen molar-refractivity contribution < 1.29 is 9.18 Å². The molecular weight excluding hydrogens is 243 g/mol. The van der Waals surface area contributed by atoms with Crippen LogP contribution in [0.25, 0.3) is 0 Å². The molecule has 1 aliphatic rings. The summed E-state index contributed by atoms with van der Waals surface area (Å²) in [4.78, 5) is 11.9. The lowest BCUT2D eigenvalue weighted by atomic mass is 9.95. The van der Waals surface area contributed by atoms with E-state index in [9.17, 15) is 9.18 Å². The topological polar surface area (TPSA) is 55.1 Å². The van der Waals surface area contributed by atoms with E-state index < -0.39 is 5.41 Å². The molecule has 0 aliphatic heterocycles. The zero-order valence-corrected chi connectivity index (χ0v) is 10.2. The number of amides is 1. The molecule has 1 fully saturated rings. The first kappa shape index (κ1) is 13.9. The van der Waals surface area contributed by atoms with Crippen molar-refractivity contribution in [3.63, 3.8) is 0 Å². The molecule has 1 amide bonds. The number of halogens is 2. The summed E-state index contributed by atoms with van der Waals surface area (Å²) in [6, 6.07) is 6.16. The minimum atomic E-state index is -0.428. The van der Waals surface area contributed by atoms with Gasteiger partial charge in [0.15, 0.2) is 0 Å². The molecule has 1 saturated carbocycles. The predicted octanol–water partition coefficient (Wildman–Crippen LogP) is 1.35. The first-order valence-electron chi connectivity index (χ1n) is 5.43. The Morgan fingerprint density at radius 1 is 1.35 bits per heavy atom. The molecule has 0 spiro atoms. The van der Waals surface area contributed by atoms with Gasteiger partial charge in [0.2, 0.25) is 5.91 Å². The van der Waals surface area contributed by atoms with E-state index >= 15 is 0 Å². The number of hydrogen-bond donors (Lipinski definition) is 2. The first-order valence-corrected chi connectivity index (χ1v) is 5.43. The molecule has 5 heteroatoms. The van der Waals surface area contributed by atoms with Gasteiger partial charge in [-0.05, 0) is 30.5 Å². The minimum absolute atomic E-state index is 0. The first-order chi connectivity index (χ1) is 7.69. The Kier molecular flexibility index (Phi) is 4.48. The highest BCUT2D eigenvalue weighted by Crippen LogP contribution is 2.48. The molecule has 0 radical (unpaired) electrons. The van der Waals surface area contributed by atoms with Gasteiger partial charge in [-0.15, -0.1) is 12.4 Å². The van der Waals surface area contributed by atoms with Crippen LogP contribution in [0, 0.1) is 5.82 Å². The molecule has 1 aromatic rings. The van der Waals surface area contributed by atoms with Crippen LogP contribution in [0.1, 0.15) is 18.4 Å². The van der Waals surface area contributed by atoms with Crippen molar-refractivity contribution in [3.8, 4) is 0 Å². The average molecular weight is 259 g/mol. The van der Waals surface area contributed by atoms with Crippen LogP contribution in [0.2, 0.25) is 0 Å². The lowest BCUT2D eigenvalue weighted by molar-refractivity contribution is -0.123. The summed E-state index contributed by atoms with van der Waals surface area (Å²) in [6.07, 6.45) is 1.66. The average Bonchev–Trinajstić information content (AvgIpc) is 3.08. The third kappa shape index (κ3) is 2.76. The van der Waals surface area contributed by atoms with Gasteiger partial charge in [-0.25, -0.2) is 4.39 Å². The Morgan fingerprint density at radius 2 is 1.94 bits per heavy atom. The molecular formula is C12H16ClFN2O. The molecule has 2 rings (SSSR count). The zero-order chi connectivity index (χ0) is 11.6. The van der Waals surface area contributed by atoms with Gasteiger partial charge in [0.05, 0.1) is 5.41 Å². The summed E-state index contributed by atoms with van der Waals surface area (Å²) in [5, 5.41) is 2.79. The molecule has 94 valence electrons. The molecule has 1 aliphatic carbocycles. The van der Waals surface area contributed by atoms with Gasteiger partial charge in [-0.1, -0.05) is 12.1 Å². The van der Waals surface area contributed by atoms with E-state index in [1.807, 2.05) is 0 Å². The van der Waals surface area contributed by atoms with Crippen LogP contribution >= 0.6 is 12.4 Å². The fourth-order valence-electron chi connectivity index (χ4n) is 1.90. The van der Waals surface area contributed by atoms with E-state index in [-0.39, 0.29) is 24.1 Å². The molecule has 0 aromatic heterocycles. The number of hydrogen-bond acceptors (Lipinski definition) is 2. The monoisotopic (exact) mass is 258 g/mol. The number of rotatable bonds is 4. The molecule has 1 aromatic carbocycles. The maximum absolute atomic E-state index is 12.8. The van der Waals surface area contributed by atoms with Crippen LogP contribution in [0.5, 0.6) is 0 Å². The molecule has 3 nitrogen and oxygen atoms in total. The van der Waals surface area contributed by atoms with Crippen molar-refractivity contribution in [1.82, 2.24) is 5.32 Å². The van der Waals surface area contributed by atoms with Gasteiger partial charge in [0.25, 0.3) is 0 Å². The Labute approximate surface area is 106 Å². The third-order valence-electron chi connectivity index (χ3n) is 3.01. The fraction of sp³-hybridized carbons (Fsp3) is 0.417. The second-order valence-corrected chi connectivity index (χ2v) is 4.13. The van der Waals surface area contributed by atoms with Gasteiger partial charge in [-0.2, -0.15) is 0 Å². The highest BCUT2D eigenvalue weighted by molar-refractivity contribution is 5.91. The van der Waals surface area contributed by atoms with Gasteiger partial charge < -0.3 is 11.1 Å². The quantitative estimate of drug-likeness (QED) is 0.857. The molecule has 17 heavy (non-hydrogen) atoms. The Balaban J connectivity index is 0.00000144. The van der Waals surface area contributed by atoms with E-state index in [1.165, 1.54) is 12.1 Å². The molecule has 0 unspecified atom stereocenters.